The van der Waals surface area contributed by atoms with E-state index in [0.717, 1.165) is 22.3 Å². The van der Waals surface area contributed by atoms with Crippen molar-refractivity contribution in [1.29, 1.82) is 0 Å². The number of aromatic nitrogens is 1. The summed E-state index contributed by atoms with van der Waals surface area (Å²) in [6, 6.07) is 7.48. The van der Waals surface area contributed by atoms with E-state index in [4.69, 9.17) is 0 Å². The number of anilines is 2. The Balaban J connectivity index is 2.27. The minimum absolute atomic E-state index is 0.146. The molecule has 0 bridgehead atoms. The van der Waals surface area contributed by atoms with Crippen LogP contribution in [0.5, 0.6) is 0 Å². The van der Waals surface area contributed by atoms with E-state index in [1.54, 1.807) is 18.5 Å². The first-order valence-electron chi connectivity index (χ1n) is 6.37. The zero-order valence-corrected chi connectivity index (χ0v) is 13.0. The summed E-state index contributed by atoms with van der Waals surface area (Å²) < 4.78 is 0.755. The topological polar surface area (TPSA) is 54.0 Å². The SMILES string of the molecule is CCNc1cc(C)ccc1C(=O)Nc1ccncc1Br. The van der Waals surface area contributed by atoms with Crippen LogP contribution < -0.4 is 10.6 Å². The standard InChI is InChI=1S/C15H16BrN3O/c1-3-18-14-8-10(2)4-5-11(14)15(20)19-13-6-7-17-9-12(13)16/h4-9,18H,3H2,1-2H3,(H,17,19,20). The molecule has 0 aliphatic carbocycles. The number of halogens is 1. The average molecular weight is 334 g/mol. The molecular formula is C15H16BrN3O. The van der Waals surface area contributed by atoms with E-state index >= 15 is 0 Å². The van der Waals surface area contributed by atoms with Gasteiger partial charge >= 0.3 is 0 Å². The van der Waals surface area contributed by atoms with E-state index in [0.29, 0.717) is 11.3 Å². The zero-order chi connectivity index (χ0) is 14.5. The molecule has 0 fully saturated rings. The van der Waals surface area contributed by atoms with E-state index in [9.17, 15) is 4.79 Å². The first kappa shape index (κ1) is 14.5. The molecule has 0 unspecified atom stereocenters. The van der Waals surface area contributed by atoms with E-state index in [2.05, 4.69) is 31.5 Å². The lowest BCUT2D eigenvalue weighted by Crippen LogP contribution is -2.15. The van der Waals surface area contributed by atoms with E-state index < -0.39 is 0 Å². The average Bonchev–Trinajstić information content (AvgIpc) is 2.42. The molecule has 104 valence electrons. The summed E-state index contributed by atoms with van der Waals surface area (Å²) in [5.74, 6) is -0.146. The fourth-order valence-corrected chi connectivity index (χ4v) is 2.21. The fraction of sp³-hybridized carbons (Fsp3) is 0.200. The van der Waals surface area contributed by atoms with Crippen molar-refractivity contribution in [2.75, 3.05) is 17.2 Å². The Bertz CT molecular complexity index is 628. The molecule has 20 heavy (non-hydrogen) atoms. The van der Waals surface area contributed by atoms with Crippen LogP contribution in [0, 0.1) is 6.92 Å². The number of nitrogens with zero attached hydrogens (tertiary/aromatic N) is 1. The van der Waals surface area contributed by atoms with Crippen molar-refractivity contribution in [1.82, 2.24) is 4.98 Å². The number of pyridine rings is 1. The summed E-state index contributed by atoms with van der Waals surface area (Å²) in [5.41, 5.74) is 3.28. The second-order valence-electron chi connectivity index (χ2n) is 4.39. The lowest BCUT2D eigenvalue weighted by Gasteiger charge is -2.12. The van der Waals surface area contributed by atoms with Crippen LogP contribution in [0.1, 0.15) is 22.8 Å². The largest absolute Gasteiger partial charge is 0.385 e. The van der Waals surface area contributed by atoms with Crippen molar-refractivity contribution in [3.05, 3.63) is 52.3 Å². The summed E-state index contributed by atoms with van der Waals surface area (Å²) in [4.78, 5) is 16.4. The van der Waals surface area contributed by atoms with Crippen molar-refractivity contribution in [2.45, 2.75) is 13.8 Å². The van der Waals surface area contributed by atoms with Crippen LogP contribution in [-0.2, 0) is 0 Å². The molecule has 0 spiro atoms. The van der Waals surface area contributed by atoms with Gasteiger partial charge in [-0.3, -0.25) is 9.78 Å². The minimum atomic E-state index is -0.146. The second-order valence-corrected chi connectivity index (χ2v) is 5.24. The van der Waals surface area contributed by atoms with E-state index in [1.807, 2.05) is 32.0 Å². The predicted octanol–water partition coefficient (Wildman–Crippen LogP) is 3.84. The van der Waals surface area contributed by atoms with Gasteiger partial charge in [-0.25, -0.2) is 0 Å². The third kappa shape index (κ3) is 3.36. The maximum atomic E-state index is 12.4. The third-order valence-corrected chi connectivity index (χ3v) is 3.44. The van der Waals surface area contributed by atoms with Crippen molar-refractivity contribution in [3.63, 3.8) is 0 Å². The smallest absolute Gasteiger partial charge is 0.257 e. The molecule has 4 nitrogen and oxygen atoms in total. The fourth-order valence-electron chi connectivity index (χ4n) is 1.86. The summed E-state index contributed by atoms with van der Waals surface area (Å²) >= 11 is 3.37. The molecule has 1 amide bonds. The molecule has 0 aliphatic rings. The van der Waals surface area contributed by atoms with Crippen LogP contribution in [0.15, 0.2) is 41.1 Å². The second kappa shape index (κ2) is 6.52. The molecule has 5 heteroatoms. The highest BCUT2D eigenvalue weighted by Gasteiger charge is 2.12. The Morgan fingerprint density at radius 1 is 1.30 bits per heavy atom. The van der Waals surface area contributed by atoms with Gasteiger partial charge in [0, 0.05) is 24.6 Å². The van der Waals surface area contributed by atoms with Gasteiger partial charge in [0.2, 0.25) is 0 Å². The van der Waals surface area contributed by atoms with Crippen LogP contribution in [0.4, 0.5) is 11.4 Å². The Hall–Kier alpha value is -1.88. The monoisotopic (exact) mass is 333 g/mol. The molecule has 2 aromatic rings. The predicted molar refractivity (Wildman–Crippen MR) is 85.2 cm³/mol. The first-order chi connectivity index (χ1) is 9.61. The maximum Gasteiger partial charge on any atom is 0.257 e. The van der Waals surface area contributed by atoms with Crippen LogP contribution in [0.2, 0.25) is 0 Å². The number of carbonyl (C=O) groups excluding carboxylic acids is 1. The molecule has 0 saturated heterocycles. The maximum absolute atomic E-state index is 12.4. The van der Waals surface area contributed by atoms with Gasteiger partial charge in [-0.2, -0.15) is 0 Å². The van der Waals surface area contributed by atoms with Crippen molar-refractivity contribution in [3.8, 4) is 0 Å². The first-order valence-corrected chi connectivity index (χ1v) is 7.16. The summed E-state index contributed by atoms with van der Waals surface area (Å²) in [7, 11) is 0. The number of amides is 1. The van der Waals surface area contributed by atoms with Crippen molar-refractivity contribution >= 4 is 33.2 Å². The summed E-state index contributed by atoms with van der Waals surface area (Å²) in [6.45, 7) is 4.77. The number of hydrogen-bond acceptors (Lipinski definition) is 3. The Kier molecular flexibility index (Phi) is 4.74. The molecule has 1 aromatic heterocycles. The van der Waals surface area contributed by atoms with Crippen molar-refractivity contribution in [2.24, 2.45) is 0 Å². The van der Waals surface area contributed by atoms with Crippen LogP contribution >= 0.6 is 15.9 Å². The lowest BCUT2D eigenvalue weighted by molar-refractivity contribution is 0.102. The van der Waals surface area contributed by atoms with Gasteiger partial charge in [-0.15, -0.1) is 0 Å². The van der Waals surface area contributed by atoms with E-state index in [1.165, 1.54) is 0 Å². The van der Waals surface area contributed by atoms with Gasteiger partial charge in [-0.05, 0) is 53.5 Å². The minimum Gasteiger partial charge on any atom is -0.385 e. The number of benzene rings is 1. The Morgan fingerprint density at radius 3 is 2.80 bits per heavy atom. The quantitative estimate of drug-likeness (QED) is 0.893. The molecule has 1 heterocycles. The van der Waals surface area contributed by atoms with Crippen LogP contribution in [0.3, 0.4) is 0 Å². The molecule has 0 radical (unpaired) electrons. The van der Waals surface area contributed by atoms with Gasteiger partial charge in [0.25, 0.3) is 5.91 Å². The van der Waals surface area contributed by atoms with Crippen LogP contribution in [0.25, 0.3) is 0 Å². The number of carbonyl (C=O) groups is 1. The Labute approximate surface area is 126 Å². The summed E-state index contributed by atoms with van der Waals surface area (Å²) in [5, 5.41) is 6.09. The van der Waals surface area contributed by atoms with Gasteiger partial charge in [0.1, 0.15) is 0 Å². The molecule has 2 rings (SSSR count). The van der Waals surface area contributed by atoms with Gasteiger partial charge in [0.15, 0.2) is 0 Å². The number of nitrogens with one attached hydrogen (secondary N) is 2. The number of aryl methyl sites for hydroxylation is 1. The molecule has 0 saturated carbocycles. The van der Waals surface area contributed by atoms with Gasteiger partial charge in [-0.1, -0.05) is 6.07 Å². The summed E-state index contributed by atoms with van der Waals surface area (Å²) in [6.07, 6.45) is 3.29. The highest BCUT2D eigenvalue weighted by molar-refractivity contribution is 9.10. The van der Waals surface area contributed by atoms with Crippen LogP contribution in [-0.4, -0.2) is 17.4 Å². The normalized spacial score (nSPS) is 10.2. The molecule has 2 N–H and O–H groups in total. The van der Waals surface area contributed by atoms with E-state index in [-0.39, 0.29) is 5.91 Å². The molecule has 1 aromatic carbocycles. The molecule has 0 atom stereocenters. The molecular weight excluding hydrogens is 318 g/mol. The third-order valence-electron chi connectivity index (χ3n) is 2.81. The lowest BCUT2D eigenvalue weighted by atomic mass is 10.1. The molecule has 0 aliphatic heterocycles. The van der Waals surface area contributed by atoms with Gasteiger partial charge in [0.05, 0.1) is 15.7 Å². The highest BCUT2D eigenvalue weighted by atomic mass is 79.9. The number of rotatable bonds is 4. The van der Waals surface area contributed by atoms with Gasteiger partial charge < -0.3 is 10.6 Å². The zero-order valence-electron chi connectivity index (χ0n) is 11.4. The Morgan fingerprint density at radius 2 is 2.10 bits per heavy atom. The highest BCUT2D eigenvalue weighted by Crippen LogP contribution is 2.23. The van der Waals surface area contributed by atoms with Crippen molar-refractivity contribution < 1.29 is 4.79 Å². The number of hydrogen-bond donors (Lipinski definition) is 2.